The topological polar surface area (TPSA) is 83.2 Å². The van der Waals surface area contributed by atoms with E-state index in [9.17, 15) is 4.79 Å². The zero-order valence-electron chi connectivity index (χ0n) is 18.1. The molecule has 0 spiro atoms. The maximum Gasteiger partial charge on any atom is 0.257 e. The second-order valence-electron chi connectivity index (χ2n) is 7.79. The molecule has 3 aromatic rings. The number of nitrogens with zero attached hydrogens (tertiary/aromatic N) is 3. The minimum atomic E-state index is -0.170. The van der Waals surface area contributed by atoms with E-state index in [0.29, 0.717) is 18.1 Å². The van der Waals surface area contributed by atoms with E-state index >= 15 is 0 Å². The molecule has 1 aliphatic rings. The van der Waals surface area contributed by atoms with Gasteiger partial charge in [0.05, 0.1) is 17.7 Å². The first-order chi connectivity index (χ1) is 15.1. The van der Waals surface area contributed by atoms with E-state index in [-0.39, 0.29) is 11.8 Å². The first-order valence-corrected chi connectivity index (χ1v) is 10.9. The molecule has 2 aromatic heterocycles. The molecule has 0 bridgehead atoms. The molecular weight excluding hydrogens is 390 g/mol. The standard InChI is InChI=1S/C24H29N5O2/c1-3-28-12-9-17-5-7-20(15-21(17)28)27-24(30)19-6-8-22(26-16-19)29-13-10-18(11-14-29)23(25)31-4-2/h5-9,12,15-16,18,25H,3-4,10-11,13-14H2,1-2H3,(H,27,30). The summed E-state index contributed by atoms with van der Waals surface area (Å²) in [6.45, 7) is 7.10. The molecule has 4 rings (SSSR count). The lowest BCUT2D eigenvalue weighted by Gasteiger charge is -2.32. The number of carbonyl (C=O) groups excluding carboxylic acids is 1. The van der Waals surface area contributed by atoms with Crippen LogP contribution in [0.5, 0.6) is 0 Å². The van der Waals surface area contributed by atoms with Gasteiger partial charge in [-0.1, -0.05) is 6.07 Å². The van der Waals surface area contributed by atoms with Gasteiger partial charge in [0.2, 0.25) is 0 Å². The highest BCUT2D eigenvalue weighted by Crippen LogP contribution is 2.24. The first-order valence-electron chi connectivity index (χ1n) is 10.9. The number of benzene rings is 1. The Morgan fingerprint density at radius 1 is 1.19 bits per heavy atom. The van der Waals surface area contributed by atoms with Crippen molar-refractivity contribution < 1.29 is 9.53 Å². The van der Waals surface area contributed by atoms with E-state index in [4.69, 9.17) is 10.1 Å². The summed E-state index contributed by atoms with van der Waals surface area (Å²) in [7, 11) is 0. The van der Waals surface area contributed by atoms with Crippen LogP contribution in [0, 0.1) is 11.3 Å². The van der Waals surface area contributed by atoms with E-state index < -0.39 is 0 Å². The van der Waals surface area contributed by atoms with Gasteiger partial charge < -0.3 is 19.5 Å². The molecule has 1 saturated heterocycles. The Hall–Kier alpha value is -3.35. The van der Waals surface area contributed by atoms with Crippen LogP contribution in [-0.2, 0) is 11.3 Å². The average Bonchev–Trinajstić information content (AvgIpc) is 3.22. The molecule has 7 heteroatoms. The van der Waals surface area contributed by atoms with Gasteiger partial charge in [-0.3, -0.25) is 10.2 Å². The number of aromatic nitrogens is 2. The number of rotatable bonds is 6. The summed E-state index contributed by atoms with van der Waals surface area (Å²) in [5.41, 5.74) is 2.41. The van der Waals surface area contributed by atoms with Crippen molar-refractivity contribution in [1.29, 1.82) is 5.41 Å². The lowest BCUT2D eigenvalue weighted by Crippen LogP contribution is -2.37. The average molecular weight is 420 g/mol. The lowest BCUT2D eigenvalue weighted by molar-refractivity contribution is 0.102. The summed E-state index contributed by atoms with van der Waals surface area (Å²) in [5.74, 6) is 1.27. The summed E-state index contributed by atoms with van der Waals surface area (Å²) in [4.78, 5) is 19.4. The molecule has 0 saturated carbocycles. The maximum absolute atomic E-state index is 12.7. The van der Waals surface area contributed by atoms with Crippen molar-refractivity contribution in [2.75, 3.05) is 29.9 Å². The van der Waals surface area contributed by atoms with Gasteiger partial charge in [-0.15, -0.1) is 0 Å². The van der Waals surface area contributed by atoms with Crippen molar-refractivity contribution in [3.63, 3.8) is 0 Å². The van der Waals surface area contributed by atoms with Gasteiger partial charge in [0.1, 0.15) is 5.82 Å². The SMILES string of the molecule is CCOC(=N)C1CCN(c2ccc(C(=O)Nc3ccc4ccn(CC)c4c3)cn2)CC1. The zero-order valence-corrected chi connectivity index (χ0v) is 18.1. The molecule has 1 amide bonds. The van der Waals surface area contributed by atoms with Crippen LogP contribution in [0.4, 0.5) is 11.5 Å². The molecule has 3 heterocycles. The van der Waals surface area contributed by atoms with E-state index in [1.165, 1.54) is 0 Å². The van der Waals surface area contributed by atoms with Crippen LogP contribution in [0.3, 0.4) is 0 Å². The number of piperidine rings is 1. The predicted octanol–water partition coefficient (Wildman–Crippen LogP) is 4.54. The summed E-state index contributed by atoms with van der Waals surface area (Å²) in [6, 6.07) is 11.7. The molecule has 2 N–H and O–H groups in total. The summed E-state index contributed by atoms with van der Waals surface area (Å²) < 4.78 is 7.50. The van der Waals surface area contributed by atoms with Crippen molar-refractivity contribution >= 4 is 34.2 Å². The molecule has 162 valence electrons. The number of hydrogen-bond donors (Lipinski definition) is 2. The fourth-order valence-electron chi connectivity index (χ4n) is 4.09. The molecule has 0 radical (unpaired) electrons. The largest absolute Gasteiger partial charge is 0.481 e. The second-order valence-corrected chi connectivity index (χ2v) is 7.79. The Kier molecular flexibility index (Phi) is 6.21. The maximum atomic E-state index is 12.7. The summed E-state index contributed by atoms with van der Waals surface area (Å²) in [6.07, 6.45) is 5.45. The first kappa shape index (κ1) is 20.9. The van der Waals surface area contributed by atoms with Crippen LogP contribution >= 0.6 is 0 Å². The number of anilines is 2. The van der Waals surface area contributed by atoms with Gasteiger partial charge in [0, 0.05) is 43.6 Å². The molecule has 7 nitrogen and oxygen atoms in total. The monoisotopic (exact) mass is 419 g/mol. The summed E-state index contributed by atoms with van der Waals surface area (Å²) in [5, 5.41) is 12.1. The van der Waals surface area contributed by atoms with E-state index in [2.05, 4.69) is 39.0 Å². The number of carbonyl (C=O) groups is 1. The van der Waals surface area contributed by atoms with Crippen LogP contribution in [0.1, 0.15) is 37.0 Å². The third-order valence-corrected chi connectivity index (χ3v) is 5.87. The van der Waals surface area contributed by atoms with Crippen LogP contribution in [0.25, 0.3) is 10.9 Å². The van der Waals surface area contributed by atoms with Gasteiger partial charge in [-0.2, -0.15) is 0 Å². The number of fused-ring (bicyclic) bond motifs is 1. The summed E-state index contributed by atoms with van der Waals surface area (Å²) >= 11 is 0. The molecule has 1 aliphatic heterocycles. The Labute approximate surface area is 182 Å². The minimum Gasteiger partial charge on any atom is -0.481 e. The Balaban J connectivity index is 1.38. The number of aryl methyl sites for hydroxylation is 1. The van der Waals surface area contributed by atoms with E-state index in [0.717, 1.165) is 54.9 Å². The number of nitrogens with one attached hydrogen (secondary N) is 2. The third kappa shape index (κ3) is 4.55. The van der Waals surface area contributed by atoms with E-state index in [1.54, 1.807) is 6.20 Å². The predicted molar refractivity (Wildman–Crippen MR) is 124 cm³/mol. The molecule has 1 fully saturated rings. The van der Waals surface area contributed by atoms with Crippen molar-refractivity contribution in [1.82, 2.24) is 9.55 Å². The Morgan fingerprint density at radius 2 is 2.00 bits per heavy atom. The molecule has 1 aromatic carbocycles. The van der Waals surface area contributed by atoms with Gasteiger partial charge in [0.25, 0.3) is 5.91 Å². The fraction of sp³-hybridized carbons (Fsp3) is 0.375. The van der Waals surface area contributed by atoms with Gasteiger partial charge in [0.15, 0.2) is 5.90 Å². The van der Waals surface area contributed by atoms with Crippen molar-refractivity contribution in [3.05, 3.63) is 54.4 Å². The number of pyridine rings is 1. The zero-order chi connectivity index (χ0) is 21.8. The number of amides is 1. The highest BCUT2D eigenvalue weighted by Gasteiger charge is 2.24. The highest BCUT2D eigenvalue weighted by molar-refractivity contribution is 6.05. The van der Waals surface area contributed by atoms with Crippen LogP contribution in [0.2, 0.25) is 0 Å². The van der Waals surface area contributed by atoms with Crippen molar-refractivity contribution in [2.45, 2.75) is 33.2 Å². The number of ether oxygens (including phenoxy) is 1. The van der Waals surface area contributed by atoms with Crippen LogP contribution < -0.4 is 10.2 Å². The fourth-order valence-corrected chi connectivity index (χ4v) is 4.09. The van der Waals surface area contributed by atoms with Crippen LogP contribution in [-0.4, -0.2) is 41.1 Å². The molecular formula is C24H29N5O2. The van der Waals surface area contributed by atoms with Crippen LogP contribution in [0.15, 0.2) is 48.8 Å². The lowest BCUT2D eigenvalue weighted by atomic mass is 9.96. The molecule has 0 atom stereocenters. The smallest absolute Gasteiger partial charge is 0.257 e. The second kappa shape index (κ2) is 9.20. The van der Waals surface area contributed by atoms with Gasteiger partial charge in [-0.05, 0) is 62.4 Å². The third-order valence-electron chi connectivity index (χ3n) is 5.87. The quantitative estimate of drug-likeness (QED) is 0.454. The van der Waals surface area contributed by atoms with Gasteiger partial charge in [-0.25, -0.2) is 4.98 Å². The normalized spacial score (nSPS) is 14.6. The molecule has 31 heavy (non-hydrogen) atoms. The minimum absolute atomic E-state index is 0.170. The molecule has 0 unspecified atom stereocenters. The number of hydrogen-bond acceptors (Lipinski definition) is 5. The molecule has 0 aliphatic carbocycles. The highest BCUT2D eigenvalue weighted by atomic mass is 16.5. The Morgan fingerprint density at radius 3 is 2.68 bits per heavy atom. The van der Waals surface area contributed by atoms with Crippen molar-refractivity contribution in [3.8, 4) is 0 Å². The van der Waals surface area contributed by atoms with E-state index in [1.807, 2.05) is 37.3 Å². The Bertz CT molecular complexity index is 1070. The van der Waals surface area contributed by atoms with Crippen molar-refractivity contribution in [2.24, 2.45) is 5.92 Å². The van der Waals surface area contributed by atoms with Gasteiger partial charge >= 0.3 is 0 Å².